The number of anilines is 1. The van der Waals surface area contributed by atoms with Crippen molar-refractivity contribution in [3.8, 4) is 11.3 Å². The van der Waals surface area contributed by atoms with Gasteiger partial charge in [0.2, 0.25) is 0 Å². The molecule has 158 valence electrons. The van der Waals surface area contributed by atoms with Gasteiger partial charge in [0.05, 0.1) is 28.1 Å². The van der Waals surface area contributed by atoms with E-state index in [0.29, 0.717) is 12.1 Å². The lowest BCUT2D eigenvalue weighted by Gasteiger charge is -2.15. The second kappa shape index (κ2) is 7.55. The van der Waals surface area contributed by atoms with E-state index in [4.69, 9.17) is 0 Å². The molecule has 0 spiro atoms. The number of sulfone groups is 1. The Hall–Kier alpha value is -2.65. The largest absolute Gasteiger partial charge is 0.264 e. The standard InChI is InChI=1S/C21H23N3O4S2/c1-15-8-9-19(12-16(15)2)30(27,28)23-21-13-20(17-6-4-3-5-7-17)22-24(21)18-10-11-29(25,26)14-18/h3-9,12-13,18,23H,10-11,14H2,1-2H3/t18-/m0/s1. The zero-order valence-corrected chi connectivity index (χ0v) is 18.4. The van der Waals surface area contributed by atoms with Gasteiger partial charge in [0.15, 0.2) is 9.84 Å². The molecular formula is C21H23N3O4S2. The van der Waals surface area contributed by atoms with Crippen molar-refractivity contribution in [2.24, 2.45) is 0 Å². The molecule has 1 fully saturated rings. The molecular weight excluding hydrogens is 422 g/mol. The molecule has 9 heteroatoms. The van der Waals surface area contributed by atoms with E-state index in [2.05, 4.69) is 9.82 Å². The van der Waals surface area contributed by atoms with Crippen LogP contribution in [0.2, 0.25) is 0 Å². The summed E-state index contributed by atoms with van der Waals surface area (Å²) in [6.45, 7) is 3.77. The first-order valence-corrected chi connectivity index (χ1v) is 12.9. The second-order valence-electron chi connectivity index (χ2n) is 7.63. The van der Waals surface area contributed by atoms with E-state index in [1.165, 1.54) is 4.68 Å². The van der Waals surface area contributed by atoms with Gasteiger partial charge in [-0.2, -0.15) is 5.10 Å². The van der Waals surface area contributed by atoms with Crippen LogP contribution in [0.5, 0.6) is 0 Å². The summed E-state index contributed by atoms with van der Waals surface area (Å²) < 4.78 is 54.2. The van der Waals surface area contributed by atoms with Gasteiger partial charge in [0, 0.05) is 11.6 Å². The Morgan fingerprint density at radius 3 is 2.40 bits per heavy atom. The Morgan fingerprint density at radius 1 is 1.03 bits per heavy atom. The quantitative estimate of drug-likeness (QED) is 0.650. The first-order chi connectivity index (χ1) is 14.1. The smallest absolute Gasteiger partial charge is 0.263 e. The van der Waals surface area contributed by atoms with Gasteiger partial charge in [-0.15, -0.1) is 0 Å². The highest BCUT2D eigenvalue weighted by molar-refractivity contribution is 7.92. The number of hydrogen-bond acceptors (Lipinski definition) is 5. The summed E-state index contributed by atoms with van der Waals surface area (Å²) in [6, 6.07) is 15.6. The first kappa shape index (κ1) is 20.6. The average Bonchev–Trinajstić information content (AvgIpc) is 3.27. The van der Waals surface area contributed by atoms with E-state index < -0.39 is 25.9 Å². The van der Waals surface area contributed by atoms with Crippen LogP contribution in [0, 0.1) is 13.8 Å². The summed E-state index contributed by atoms with van der Waals surface area (Å²) in [5.74, 6) is 0.275. The number of aromatic nitrogens is 2. The van der Waals surface area contributed by atoms with Crippen molar-refractivity contribution in [1.82, 2.24) is 9.78 Å². The summed E-state index contributed by atoms with van der Waals surface area (Å²) >= 11 is 0. The molecule has 2 heterocycles. The Bertz CT molecular complexity index is 1300. The van der Waals surface area contributed by atoms with Crippen molar-refractivity contribution in [3.05, 3.63) is 65.7 Å². The molecule has 0 bridgehead atoms. The zero-order chi connectivity index (χ0) is 21.5. The van der Waals surface area contributed by atoms with Crippen LogP contribution in [0.4, 0.5) is 5.82 Å². The lowest BCUT2D eigenvalue weighted by molar-refractivity contribution is 0.507. The highest BCUT2D eigenvalue weighted by Crippen LogP contribution is 2.31. The molecule has 1 aliphatic rings. The third-order valence-electron chi connectivity index (χ3n) is 5.39. The van der Waals surface area contributed by atoms with Crippen molar-refractivity contribution >= 4 is 25.7 Å². The number of hydrogen-bond donors (Lipinski definition) is 1. The van der Waals surface area contributed by atoms with Crippen LogP contribution in [0.1, 0.15) is 23.6 Å². The zero-order valence-electron chi connectivity index (χ0n) is 16.7. The number of sulfonamides is 1. The van der Waals surface area contributed by atoms with Crippen LogP contribution in [-0.4, -0.2) is 38.1 Å². The molecule has 4 rings (SSSR count). The van der Waals surface area contributed by atoms with Gasteiger partial charge in [-0.3, -0.25) is 4.72 Å². The van der Waals surface area contributed by atoms with Crippen molar-refractivity contribution in [2.45, 2.75) is 31.2 Å². The van der Waals surface area contributed by atoms with Gasteiger partial charge in [0.1, 0.15) is 5.82 Å². The van der Waals surface area contributed by atoms with Crippen LogP contribution >= 0.6 is 0 Å². The fraction of sp³-hybridized carbons (Fsp3) is 0.286. The summed E-state index contributed by atoms with van der Waals surface area (Å²) in [7, 11) is -7.02. The van der Waals surface area contributed by atoms with E-state index >= 15 is 0 Å². The van der Waals surface area contributed by atoms with Gasteiger partial charge in [0.25, 0.3) is 10.0 Å². The Balaban J connectivity index is 1.75. The van der Waals surface area contributed by atoms with Crippen LogP contribution in [-0.2, 0) is 19.9 Å². The van der Waals surface area contributed by atoms with Crippen molar-refractivity contribution in [1.29, 1.82) is 0 Å². The van der Waals surface area contributed by atoms with Crippen molar-refractivity contribution in [3.63, 3.8) is 0 Å². The number of aryl methyl sites for hydroxylation is 2. The average molecular weight is 446 g/mol. The normalized spacial score (nSPS) is 18.4. The van der Waals surface area contributed by atoms with E-state index in [0.717, 1.165) is 16.7 Å². The minimum atomic E-state index is -3.86. The van der Waals surface area contributed by atoms with Crippen molar-refractivity contribution in [2.75, 3.05) is 16.2 Å². The highest BCUT2D eigenvalue weighted by atomic mass is 32.2. The summed E-state index contributed by atoms with van der Waals surface area (Å²) in [5.41, 5.74) is 3.28. The lowest BCUT2D eigenvalue weighted by Crippen LogP contribution is -2.20. The third-order valence-corrected chi connectivity index (χ3v) is 8.49. The van der Waals surface area contributed by atoms with Crippen LogP contribution in [0.15, 0.2) is 59.5 Å². The topological polar surface area (TPSA) is 98.1 Å². The molecule has 1 atom stereocenters. The number of benzene rings is 2. The fourth-order valence-electron chi connectivity index (χ4n) is 3.54. The van der Waals surface area contributed by atoms with Crippen molar-refractivity contribution < 1.29 is 16.8 Å². The predicted octanol–water partition coefficient (Wildman–Crippen LogP) is 3.33. The van der Waals surface area contributed by atoms with Crippen LogP contribution in [0.3, 0.4) is 0 Å². The maximum absolute atomic E-state index is 13.0. The monoisotopic (exact) mass is 445 g/mol. The molecule has 1 aliphatic heterocycles. The summed E-state index contributed by atoms with van der Waals surface area (Å²) in [5, 5.41) is 4.56. The van der Waals surface area contributed by atoms with Crippen LogP contribution < -0.4 is 4.72 Å². The van der Waals surface area contributed by atoms with E-state index in [-0.39, 0.29) is 22.2 Å². The minimum absolute atomic E-state index is 0.0543. The molecule has 0 unspecified atom stereocenters. The van der Waals surface area contributed by atoms with Gasteiger partial charge in [-0.1, -0.05) is 36.4 Å². The second-order valence-corrected chi connectivity index (χ2v) is 11.5. The van der Waals surface area contributed by atoms with Crippen LogP contribution in [0.25, 0.3) is 11.3 Å². The molecule has 0 amide bonds. The third kappa shape index (κ3) is 4.13. The molecule has 2 aromatic carbocycles. The van der Waals surface area contributed by atoms with Gasteiger partial charge in [-0.05, 0) is 43.5 Å². The van der Waals surface area contributed by atoms with Gasteiger partial charge >= 0.3 is 0 Å². The Kier molecular flexibility index (Phi) is 5.19. The Morgan fingerprint density at radius 2 is 1.77 bits per heavy atom. The van der Waals surface area contributed by atoms with E-state index in [1.807, 2.05) is 44.2 Å². The molecule has 30 heavy (non-hydrogen) atoms. The minimum Gasteiger partial charge on any atom is -0.264 e. The fourth-order valence-corrected chi connectivity index (χ4v) is 6.36. The van der Waals surface area contributed by atoms with E-state index in [1.54, 1.807) is 24.3 Å². The molecule has 1 saturated heterocycles. The molecule has 0 radical (unpaired) electrons. The van der Waals surface area contributed by atoms with Gasteiger partial charge in [-0.25, -0.2) is 21.5 Å². The molecule has 1 N–H and O–H groups in total. The van der Waals surface area contributed by atoms with Gasteiger partial charge < -0.3 is 0 Å². The highest BCUT2D eigenvalue weighted by Gasteiger charge is 2.32. The Labute approximate surface area is 176 Å². The molecule has 7 nitrogen and oxygen atoms in total. The molecule has 3 aromatic rings. The SMILES string of the molecule is Cc1ccc(S(=O)(=O)Nc2cc(-c3ccccc3)nn2[C@H]2CCS(=O)(=O)C2)cc1C. The maximum Gasteiger partial charge on any atom is 0.263 e. The molecule has 0 aliphatic carbocycles. The number of rotatable bonds is 5. The number of nitrogens with one attached hydrogen (secondary N) is 1. The first-order valence-electron chi connectivity index (χ1n) is 9.60. The molecule has 1 aromatic heterocycles. The summed E-state index contributed by atoms with van der Waals surface area (Å²) in [6.07, 6.45) is 0.399. The number of nitrogens with zero attached hydrogens (tertiary/aromatic N) is 2. The predicted molar refractivity (Wildman–Crippen MR) is 117 cm³/mol. The van der Waals surface area contributed by atoms with E-state index in [9.17, 15) is 16.8 Å². The lowest BCUT2D eigenvalue weighted by atomic mass is 10.1. The summed E-state index contributed by atoms with van der Waals surface area (Å²) in [4.78, 5) is 0.152. The molecule has 0 saturated carbocycles. The maximum atomic E-state index is 13.0.